The Hall–Kier alpha value is -3.08. The molecule has 140 valence electrons. The first-order chi connectivity index (χ1) is 12.9. The molecule has 0 unspecified atom stereocenters. The van der Waals surface area contributed by atoms with E-state index in [9.17, 15) is 18.4 Å². The van der Waals surface area contributed by atoms with Crippen molar-refractivity contribution in [3.63, 3.8) is 0 Å². The van der Waals surface area contributed by atoms with Gasteiger partial charge in [0.1, 0.15) is 11.4 Å². The summed E-state index contributed by atoms with van der Waals surface area (Å²) in [5.41, 5.74) is 0.751. The lowest BCUT2D eigenvalue weighted by Crippen LogP contribution is -2.33. The first-order valence-electron chi connectivity index (χ1n) is 7.71. The largest absolute Gasteiger partial charge is 0.346 e. The molecule has 2 N–H and O–H groups in total. The Kier molecular flexibility index (Phi) is 5.60. The zero-order chi connectivity index (χ0) is 19.4. The maximum atomic E-state index is 13.1. The van der Waals surface area contributed by atoms with Crippen LogP contribution in [0.15, 0.2) is 35.7 Å². The molecule has 3 rings (SSSR count). The first-order valence-corrected chi connectivity index (χ1v) is 8.69. The topological polar surface area (TPSA) is 102 Å². The van der Waals surface area contributed by atoms with Crippen molar-refractivity contribution >= 4 is 40.3 Å². The second-order valence-corrected chi connectivity index (χ2v) is 6.39. The van der Waals surface area contributed by atoms with E-state index in [1.54, 1.807) is 17.9 Å². The van der Waals surface area contributed by atoms with E-state index in [-0.39, 0.29) is 23.9 Å². The average molecular weight is 392 g/mol. The van der Waals surface area contributed by atoms with E-state index < -0.39 is 17.5 Å². The Labute approximate surface area is 156 Å². The fraction of sp³-hybridized carbons (Fsp3) is 0.188. The molecule has 0 atom stereocenters. The molecule has 0 bridgehead atoms. The second-order valence-electron chi connectivity index (χ2n) is 5.43. The number of rotatable bonds is 6. The minimum absolute atomic E-state index is 0.0411. The number of carbonyl (C=O) groups excluding carboxylic acids is 2. The van der Waals surface area contributed by atoms with Crippen LogP contribution in [-0.4, -0.2) is 43.9 Å². The van der Waals surface area contributed by atoms with Gasteiger partial charge in [-0.2, -0.15) is 5.10 Å². The van der Waals surface area contributed by atoms with Crippen molar-refractivity contribution < 1.29 is 18.4 Å². The van der Waals surface area contributed by atoms with E-state index in [1.807, 2.05) is 0 Å². The van der Waals surface area contributed by atoms with Crippen LogP contribution in [0, 0.1) is 11.6 Å². The molecule has 0 radical (unpaired) electrons. The van der Waals surface area contributed by atoms with E-state index in [0.717, 1.165) is 17.5 Å². The van der Waals surface area contributed by atoms with E-state index in [1.165, 1.54) is 24.2 Å². The number of fused-ring (bicyclic) bond motifs is 1. The average Bonchev–Trinajstić information content (AvgIpc) is 3.03. The van der Waals surface area contributed by atoms with Gasteiger partial charge in [0.25, 0.3) is 0 Å². The molecule has 0 saturated carbocycles. The number of halogens is 2. The molecule has 0 spiro atoms. The number of hydrogen-bond acceptors (Lipinski definition) is 6. The van der Waals surface area contributed by atoms with Gasteiger partial charge in [-0.3, -0.25) is 14.3 Å². The minimum Gasteiger partial charge on any atom is -0.346 e. The molecular formula is C16H14F2N6O2S. The van der Waals surface area contributed by atoms with Gasteiger partial charge >= 0.3 is 0 Å². The fourth-order valence-electron chi connectivity index (χ4n) is 2.20. The van der Waals surface area contributed by atoms with Crippen molar-refractivity contribution in [2.75, 3.05) is 17.6 Å². The number of benzene rings is 1. The summed E-state index contributed by atoms with van der Waals surface area (Å²) < 4.78 is 27.6. The third-order valence-electron chi connectivity index (χ3n) is 3.48. The molecule has 1 aromatic carbocycles. The summed E-state index contributed by atoms with van der Waals surface area (Å²) in [5.74, 6) is -2.97. The molecular weight excluding hydrogens is 378 g/mol. The Morgan fingerprint density at radius 3 is 2.78 bits per heavy atom. The maximum Gasteiger partial charge on any atom is 0.243 e. The summed E-state index contributed by atoms with van der Waals surface area (Å²) in [7, 11) is 1.75. The van der Waals surface area contributed by atoms with E-state index in [4.69, 9.17) is 0 Å². The molecule has 2 heterocycles. The van der Waals surface area contributed by atoms with Crippen LogP contribution in [-0.2, 0) is 16.6 Å². The van der Waals surface area contributed by atoms with E-state index in [2.05, 4.69) is 25.7 Å². The van der Waals surface area contributed by atoms with Crippen LogP contribution in [0.25, 0.3) is 11.0 Å². The van der Waals surface area contributed by atoms with Crippen molar-refractivity contribution in [2.45, 2.75) is 5.03 Å². The maximum absolute atomic E-state index is 13.1. The number of nitrogens with one attached hydrogen (secondary N) is 2. The fourth-order valence-corrected chi connectivity index (χ4v) is 2.99. The van der Waals surface area contributed by atoms with Crippen LogP contribution >= 0.6 is 11.8 Å². The van der Waals surface area contributed by atoms with Gasteiger partial charge in [-0.05, 0) is 12.1 Å². The standard InChI is InChI=1S/C16H14F2N6O2S/c1-24-15-10(5-22-24)16(21-8-20-15)27-7-14(26)19-6-13(25)23-9-2-3-11(17)12(18)4-9/h2-5,8H,6-7H2,1H3,(H,19,26)(H,23,25). The van der Waals surface area contributed by atoms with Gasteiger partial charge in [-0.1, -0.05) is 11.8 Å². The number of nitrogens with zero attached hydrogens (tertiary/aromatic N) is 4. The van der Waals surface area contributed by atoms with Gasteiger partial charge in [0.05, 0.1) is 23.9 Å². The predicted octanol–water partition coefficient (Wildman–Crippen LogP) is 1.49. The number of carbonyl (C=O) groups is 2. The molecule has 27 heavy (non-hydrogen) atoms. The summed E-state index contributed by atoms with van der Waals surface area (Å²) in [6, 6.07) is 2.99. The summed E-state index contributed by atoms with van der Waals surface area (Å²) in [6.07, 6.45) is 3.00. The second kappa shape index (κ2) is 8.08. The summed E-state index contributed by atoms with van der Waals surface area (Å²) in [6.45, 7) is -0.301. The smallest absolute Gasteiger partial charge is 0.243 e. The SMILES string of the molecule is Cn1ncc2c(SCC(=O)NCC(=O)Nc3ccc(F)c(F)c3)ncnc21. The molecule has 3 aromatic rings. The lowest BCUT2D eigenvalue weighted by molar-refractivity contribution is -0.122. The summed E-state index contributed by atoms with van der Waals surface area (Å²) >= 11 is 1.19. The van der Waals surface area contributed by atoms with Crippen LogP contribution in [0.2, 0.25) is 0 Å². The predicted molar refractivity (Wildman–Crippen MR) is 95.0 cm³/mol. The van der Waals surface area contributed by atoms with Gasteiger partial charge < -0.3 is 10.6 Å². The molecule has 2 aromatic heterocycles. The third kappa shape index (κ3) is 4.56. The van der Waals surface area contributed by atoms with Gasteiger partial charge in [-0.25, -0.2) is 18.7 Å². The first kappa shape index (κ1) is 18.7. The van der Waals surface area contributed by atoms with Crippen molar-refractivity contribution in [1.82, 2.24) is 25.1 Å². The number of aryl methyl sites for hydroxylation is 1. The quantitative estimate of drug-likeness (QED) is 0.487. The molecule has 0 aliphatic carbocycles. The Bertz CT molecular complexity index is 1010. The molecule has 0 aliphatic heterocycles. The molecule has 2 amide bonds. The normalized spacial score (nSPS) is 10.8. The van der Waals surface area contributed by atoms with Crippen molar-refractivity contribution in [3.8, 4) is 0 Å². The van der Waals surface area contributed by atoms with Gasteiger partial charge in [0.15, 0.2) is 17.3 Å². The highest BCUT2D eigenvalue weighted by Crippen LogP contribution is 2.23. The lowest BCUT2D eigenvalue weighted by Gasteiger charge is -2.07. The Balaban J connectivity index is 1.49. The third-order valence-corrected chi connectivity index (χ3v) is 4.49. The van der Waals surface area contributed by atoms with Crippen molar-refractivity contribution in [1.29, 1.82) is 0 Å². The van der Waals surface area contributed by atoms with Crippen LogP contribution in [0.3, 0.4) is 0 Å². The monoisotopic (exact) mass is 392 g/mol. The lowest BCUT2D eigenvalue weighted by atomic mass is 10.3. The Morgan fingerprint density at radius 1 is 1.19 bits per heavy atom. The minimum atomic E-state index is -1.07. The summed E-state index contributed by atoms with van der Waals surface area (Å²) in [4.78, 5) is 32.0. The van der Waals surface area contributed by atoms with Gasteiger partial charge in [0.2, 0.25) is 11.8 Å². The summed E-state index contributed by atoms with van der Waals surface area (Å²) in [5, 5.41) is 10.2. The number of thioether (sulfide) groups is 1. The van der Waals surface area contributed by atoms with E-state index in [0.29, 0.717) is 10.7 Å². The van der Waals surface area contributed by atoms with Crippen LogP contribution < -0.4 is 10.6 Å². The van der Waals surface area contributed by atoms with Crippen molar-refractivity contribution in [3.05, 3.63) is 42.4 Å². The Morgan fingerprint density at radius 2 is 2.00 bits per heavy atom. The highest BCUT2D eigenvalue weighted by atomic mass is 32.2. The van der Waals surface area contributed by atoms with Gasteiger partial charge in [-0.15, -0.1) is 0 Å². The van der Waals surface area contributed by atoms with Crippen LogP contribution in [0.5, 0.6) is 0 Å². The molecule has 0 saturated heterocycles. The zero-order valence-corrected chi connectivity index (χ0v) is 14.9. The number of amides is 2. The molecule has 11 heteroatoms. The number of anilines is 1. The number of hydrogen-bond donors (Lipinski definition) is 2. The van der Waals surface area contributed by atoms with Crippen LogP contribution in [0.1, 0.15) is 0 Å². The molecule has 0 aliphatic rings. The molecule has 8 nitrogen and oxygen atoms in total. The highest BCUT2D eigenvalue weighted by molar-refractivity contribution is 8.00. The molecule has 0 fully saturated rings. The highest BCUT2D eigenvalue weighted by Gasteiger charge is 2.12. The van der Waals surface area contributed by atoms with Gasteiger partial charge in [0, 0.05) is 18.8 Å². The zero-order valence-electron chi connectivity index (χ0n) is 14.1. The van der Waals surface area contributed by atoms with Crippen molar-refractivity contribution in [2.24, 2.45) is 7.05 Å². The van der Waals surface area contributed by atoms with E-state index >= 15 is 0 Å². The number of aromatic nitrogens is 4. The van der Waals surface area contributed by atoms with Crippen LogP contribution in [0.4, 0.5) is 14.5 Å².